The molecule has 1 saturated carbocycles. The number of fused-ring (bicyclic) bond motifs is 2. The van der Waals surface area contributed by atoms with Crippen LogP contribution >= 0.6 is 11.6 Å². The molecule has 1 N–H and O–H groups in total. The lowest BCUT2D eigenvalue weighted by atomic mass is 9.78. The molecule has 2 bridgehead atoms. The zero-order valence-electron chi connectivity index (χ0n) is 10.7. The van der Waals surface area contributed by atoms with Gasteiger partial charge in [-0.1, -0.05) is 18.0 Å². The highest BCUT2D eigenvalue weighted by Crippen LogP contribution is 2.38. The van der Waals surface area contributed by atoms with Gasteiger partial charge in [0, 0.05) is 19.3 Å². The van der Waals surface area contributed by atoms with E-state index in [1.54, 1.807) is 0 Å². The Hall–Kier alpha value is -1.29. The fourth-order valence-electron chi connectivity index (χ4n) is 3.42. The number of rotatable bonds is 2. The molecule has 0 aromatic carbocycles. The molecule has 1 aliphatic carbocycles. The molecular weight excluding hydrogens is 264 g/mol. The van der Waals surface area contributed by atoms with Crippen LogP contribution < -0.4 is 4.90 Å². The summed E-state index contributed by atoms with van der Waals surface area (Å²) in [6, 6.07) is 1.46. The quantitative estimate of drug-likeness (QED) is 0.905. The third kappa shape index (κ3) is 2.41. The highest BCUT2D eigenvalue weighted by atomic mass is 35.5. The Kier molecular flexibility index (Phi) is 3.35. The molecule has 1 aliphatic heterocycles. The van der Waals surface area contributed by atoms with Crippen LogP contribution in [0, 0.1) is 11.8 Å². The number of carboxylic acids is 1. The SMILES string of the molecule is O=C(O)c1ccnc(N2CC3CCCC(C3)C2)c1Cl. The predicted octanol–water partition coefficient (Wildman–Crippen LogP) is 3.06. The Bertz CT molecular complexity index is 494. The van der Waals surface area contributed by atoms with E-state index >= 15 is 0 Å². The van der Waals surface area contributed by atoms with Crippen LogP contribution in [0.2, 0.25) is 5.02 Å². The number of anilines is 1. The van der Waals surface area contributed by atoms with E-state index in [1.165, 1.54) is 37.9 Å². The van der Waals surface area contributed by atoms with Gasteiger partial charge in [0.05, 0.1) is 10.6 Å². The van der Waals surface area contributed by atoms with E-state index in [1.807, 2.05) is 0 Å². The third-order valence-corrected chi connectivity index (χ3v) is 4.62. The summed E-state index contributed by atoms with van der Waals surface area (Å²) >= 11 is 6.21. The number of carboxylic acid groups (broad SMARTS) is 1. The Labute approximate surface area is 117 Å². The van der Waals surface area contributed by atoms with Crippen LogP contribution in [0.1, 0.15) is 36.0 Å². The molecule has 2 aliphatic rings. The minimum Gasteiger partial charge on any atom is -0.478 e. The first-order chi connectivity index (χ1) is 9.15. The van der Waals surface area contributed by atoms with Crippen molar-refractivity contribution in [3.63, 3.8) is 0 Å². The van der Waals surface area contributed by atoms with Crippen LogP contribution in [0.4, 0.5) is 5.82 Å². The third-order valence-electron chi connectivity index (χ3n) is 4.25. The van der Waals surface area contributed by atoms with Gasteiger partial charge in [-0.3, -0.25) is 0 Å². The monoisotopic (exact) mass is 280 g/mol. The first kappa shape index (κ1) is 12.7. The molecule has 0 radical (unpaired) electrons. The fourth-order valence-corrected chi connectivity index (χ4v) is 3.74. The lowest BCUT2D eigenvalue weighted by molar-refractivity contribution is 0.0697. The summed E-state index contributed by atoms with van der Waals surface area (Å²) in [7, 11) is 0. The fraction of sp³-hybridized carbons (Fsp3) is 0.571. The van der Waals surface area contributed by atoms with Crippen molar-refractivity contribution in [2.24, 2.45) is 11.8 Å². The predicted molar refractivity (Wildman–Crippen MR) is 73.9 cm³/mol. The maximum absolute atomic E-state index is 11.1. The summed E-state index contributed by atoms with van der Waals surface area (Å²) in [5, 5.41) is 9.39. The average Bonchev–Trinajstić information content (AvgIpc) is 2.38. The average molecular weight is 281 g/mol. The van der Waals surface area contributed by atoms with Crippen LogP contribution in [0.3, 0.4) is 0 Å². The Morgan fingerprint density at radius 3 is 2.68 bits per heavy atom. The topological polar surface area (TPSA) is 53.4 Å². The Morgan fingerprint density at radius 2 is 2.05 bits per heavy atom. The van der Waals surface area contributed by atoms with Crippen molar-refractivity contribution >= 4 is 23.4 Å². The van der Waals surface area contributed by atoms with Gasteiger partial charge < -0.3 is 10.0 Å². The molecule has 0 amide bonds. The lowest BCUT2D eigenvalue weighted by Crippen LogP contribution is -2.43. The molecule has 2 unspecified atom stereocenters. The number of carbonyl (C=O) groups is 1. The largest absolute Gasteiger partial charge is 0.478 e. The maximum atomic E-state index is 11.1. The molecule has 3 rings (SSSR count). The second-order valence-electron chi connectivity index (χ2n) is 5.60. The van der Waals surface area contributed by atoms with Crippen molar-refractivity contribution in [3.05, 3.63) is 22.8 Å². The van der Waals surface area contributed by atoms with Crippen LogP contribution in [-0.2, 0) is 0 Å². The Balaban J connectivity index is 1.90. The van der Waals surface area contributed by atoms with E-state index in [9.17, 15) is 4.79 Å². The summed E-state index contributed by atoms with van der Waals surface area (Å²) in [4.78, 5) is 17.6. The van der Waals surface area contributed by atoms with E-state index in [2.05, 4.69) is 9.88 Å². The maximum Gasteiger partial charge on any atom is 0.337 e. The molecule has 4 nitrogen and oxygen atoms in total. The molecule has 1 aromatic rings. The molecule has 0 spiro atoms. The first-order valence-electron chi connectivity index (χ1n) is 6.78. The van der Waals surface area contributed by atoms with E-state index in [0.29, 0.717) is 17.7 Å². The van der Waals surface area contributed by atoms with Gasteiger partial charge in [0.1, 0.15) is 5.82 Å². The summed E-state index contributed by atoms with van der Waals surface area (Å²) < 4.78 is 0. The van der Waals surface area contributed by atoms with Gasteiger partial charge in [-0.25, -0.2) is 9.78 Å². The number of aromatic carboxylic acids is 1. The number of aromatic nitrogens is 1. The van der Waals surface area contributed by atoms with Gasteiger partial charge in [-0.15, -0.1) is 0 Å². The highest BCUT2D eigenvalue weighted by molar-refractivity contribution is 6.35. The minimum atomic E-state index is -0.995. The van der Waals surface area contributed by atoms with Crippen LogP contribution in [0.15, 0.2) is 12.3 Å². The molecule has 5 heteroatoms. The number of hydrogen-bond acceptors (Lipinski definition) is 3. The number of piperidine rings is 1. The van der Waals surface area contributed by atoms with Crippen LogP contribution in [0.5, 0.6) is 0 Å². The molecule has 2 fully saturated rings. The summed E-state index contributed by atoms with van der Waals surface area (Å²) in [5.74, 6) is 1.06. The van der Waals surface area contributed by atoms with Gasteiger partial charge in [0.25, 0.3) is 0 Å². The number of nitrogens with zero attached hydrogens (tertiary/aromatic N) is 2. The van der Waals surface area contributed by atoms with Crippen molar-refractivity contribution in [1.82, 2.24) is 4.98 Å². The highest BCUT2D eigenvalue weighted by Gasteiger charge is 2.32. The molecule has 1 saturated heterocycles. The van der Waals surface area contributed by atoms with Crippen LogP contribution in [-0.4, -0.2) is 29.1 Å². The zero-order chi connectivity index (χ0) is 13.4. The standard InChI is InChI=1S/C14H17ClN2O2/c15-12-11(14(18)19)4-5-16-13(12)17-7-9-2-1-3-10(6-9)8-17/h4-5,9-10H,1-3,6-8H2,(H,18,19). The molecule has 1 aromatic heterocycles. The van der Waals surface area contributed by atoms with Crippen molar-refractivity contribution in [2.45, 2.75) is 25.7 Å². The van der Waals surface area contributed by atoms with Crippen molar-refractivity contribution < 1.29 is 9.90 Å². The number of hydrogen-bond donors (Lipinski definition) is 1. The van der Waals surface area contributed by atoms with Gasteiger partial charge in [-0.2, -0.15) is 0 Å². The summed E-state index contributed by atoms with van der Waals surface area (Å²) in [6.07, 6.45) is 6.69. The smallest absolute Gasteiger partial charge is 0.337 e. The van der Waals surface area contributed by atoms with E-state index < -0.39 is 5.97 Å². The van der Waals surface area contributed by atoms with Gasteiger partial charge >= 0.3 is 5.97 Å². The second-order valence-corrected chi connectivity index (χ2v) is 5.98. The number of pyridine rings is 1. The van der Waals surface area contributed by atoms with Gasteiger partial charge in [0.2, 0.25) is 0 Å². The van der Waals surface area contributed by atoms with Crippen molar-refractivity contribution in [3.8, 4) is 0 Å². The first-order valence-corrected chi connectivity index (χ1v) is 7.15. The van der Waals surface area contributed by atoms with E-state index in [4.69, 9.17) is 16.7 Å². The van der Waals surface area contributed by atoms with E-state index in [0.717, 1.165) is 13.1 Å². The van der Waals surface area contributed by atoms with E-state index in [-0.39, 0.29) is 10.6 Å². The Morgan fingerprint density at radius 1 is 1.37 bits per heavy atom. The molecular formula is C14H17ClN2O2. The molecule has 2 atom stereocenters. The van der Waals surface area contributed by atoms with Crippen molar-refractivity contribution in [2.75, 3.05) is 18.0 Å². The normalized spacial score (nSPS) is 26.3. The molecule has 19 heavy (non-hydrogen) atoms. The lowest BCUT2D eigenvalue weighted by Gasteiger charge is -2.42. The second kappa shape index (κ2) is 5.00. The van der Waals surface area contributed by atoms with Crippen molar-refractivity contribution in [1.29, 1.82) is 0 Å². The molecule has 2 heterocycles. The minimum absolute atomic E-state index is 0.141. The number of halogens is 1. The molecule has 102 valence electrons. The zero-order valence-corrected chi connectivity index (χ0v) is 11.4. The van der Waals surface area contributed by atoms with Gasteiger partial charge in [-0.05, 0) is 37.2 Å². The van der Waals surface area contributed by atoms with Gasteiger partial charge in [0.15, 0.2) is 0 Å². The summed E-state index contributed by atoms with van der Waals surface area (Å²) in [6.45, 7) is 1.90. The van der Waals surface area contributed by atoms with Crippen LogP contribution in [0.25, 0.3) is 0 Å². The summed E-state index contributed by atoms with van der Waals surface area (Å²) in [5.41, 5.74) is 0.141.